The second-order valence-electron chi connectivity index (χ2n) is 7.08. The van der Waals surface area contributed by atoms with Crippen LogP contribution in [0.5, 0.6) is 0 Å². The van der Waals surface area contributed by atoms with Crippen molar-refractivity contribution in [3.63, 3.8) is 0 Å². The summed E-state index contributed by atoms with van der Waals surface area (Å²) in [6, 6.07) is 19.0. The highest BCUT2D eigenvalue weighted by atomic mass is 35.5. The third-order valence-electron chi connectivity index (χ3n) is 4.71. The topological polar surface area (TPSA) is 73.0 Å². The van der Waals surface area contributed by atoms with E-state index in [1.165, 1.54) is 17.3 Å². The summed E-state index contributed by atoms with van der Waals surface area (Å²) in [5, 5.41) is 13.0. The number of rotatable bonds is 7. The predicted molar refractivity (Wildman–Crippen MR) is 123 cm³/mol. The number of aromatic nitrogens is 3. The second kappa shape index (κ2) is 9.41. The van der Waals surface area contributed by atoms with Crippen molar-refractivity contribution in [3.8, 4) is 17.1 Å². The summed E-state index contributed by atoms with van der Waals surface area (Å²) in [5.74, 6) is 1.50. The summed E-state index contributed by atoms with van der Waals surface area (Å²) >= 11 is 7.40. The summed E-state index contributed by atoms with van der Waals surface area (Å²) in [6.07, 6.45) is 1.59. The monoisotopic (exact) mass is 452 g/mol. The molecule has 1 amide bonds. The number of aryl methyl sites for hydroxylation is 1. The fourth-order valence-electron chi connectivity index (χ4n) is 3.10. The van der Waals surface area contributed by atoms with E-state index in [1.807, 2.05) is 73.0 Å². The number of carbonyl (C=O) groups is 1. The van der Waals surface area contributed by atoms with Crippen LogP contribution in [0.4, 0.5) is 0 Å². The van der Waals surface area contributed by atoms with Gasteiger partial charge in [-0.05, 0) is 50.2 Å². The Morgan fingerprint density at radius 3 is 2.55 bits per heavy atom. The fourth-order valence-corrected chi connectivity index (χ4v) is 3.99. The highest BCUT2D eigenvalue weighted by Gasteiger charge is 2.18. The van der Waals surface area contributed by atoms with Gasteiger partial charge in [-0.3, -0.25) is 9.36 Å². The predicted octanol–water partition coefficient (Wildman–Crippen LogP) is 5.46. The number of nitrogens with one attached hydrogen (secondary N) is 1. The standard InChI is InChI=1S/C23H21ClN4O2S/c1-15-5-7-17(8-6-15)22-26-27-23(28(22)19-11-9-18(24)10-12-19)31-14-21(29)25-16(2)20-4-3-13-30-20/h3-13,16H,14H2,1-2H3,(H,25,29). The summed E-state index contributed by atoms with van der Waals surface area (Å²) in [4.78, 5) is 12.5. The van der Waals surface area contributed by atoms with Gasteiger partial charge in [-0.15, -0.1) is 10.2 Å². The first-order valence-electron chi connectivity index (χ1n) is 9.75. The van der Waals surface area contributed by atoms with Crippen LogP contribution in [0, 0.1) is 6.92 Å². The highest BCUT2D eigenvalue weighted by molar-refractivity contribution is 7.99. The molecule has 4 aromatic rings. The van der Waals surface area contributed by atoms with E-state index >= 15 is 0 Å². The highest BCUT2D eigenvalue weighted by Crippen LogP contribution is 2.29. The third kappa shape index (κ3) is 5.00. The maximum absolute atomic E-state index is 12.5. The van der Waals surface area contributed by atoms with E-state index < -0.39 is 0 Å². The molecule has 0 aliphatic rings. The van der Waals surface area contributed by atoms with Crippen molar-refractivity contribution in [1.82, 2.24) is 20.1 Å². The van der Waals surface area contributed by atoms with Crippen molar-refractivity contribution in [2.24, 2.45) is 0 Å². The van der Waals surface area contributed by atoms with E-state index in [-0.39, 0.29) is 17.7 Å². The first-order chi connectivity index (χ1) is 15.0. The molecule has 2 heterocycles. The molecule has 2 aromatic carbocycles. The maximum Gasteiger partial charge on any atom is 0.231 e. The number of halogens is 1. The largest absolute Gasteiger partial charge is 0.467 e. The van der Waals surface area contributed by atoms with Crippen molar-refractivity contribution in [1.29, 1.82) is 0 Å². The van der Waals surface area contributed by atoms with Crippen LogP contribution in [0.15, 0.2) is 76.5 Å². The van der Waals surface area contributed by atoms with Gasteiger partial charge < -0.3 is 9.73 Å². The van der Waals surface area contributed by atoms with Gasteiger partial charge in [0.2, 0.25) is 5.91 Å². The van der Waals surface area contributed by atoms with E-state index in [0.29, 0.717) is 21.8 Å². The van der Waals surface area contributed by atoms with E-state index in [4.69, 9.17) is 16.0 Å². The normalized spacial score (nSPS) is 12.0. The van der Waals surface area contributed by atoms with Crippen molar-refractivity contribution >= 4 is 29.3 Å². The lowest BCUT2D eigenvalue weighted by molar-refractivity contribution is -0.119. The summed E-state index contributed by atoms with van der Waals surface area (Å²) in [5.41, 5.74) is 2.98. The van der Waals surface area contributed by atoms with Crippen LogP contribution in [0.2, 0.25) is 5.02 Å². The zero-order valence-electron chi connectivity index (χ0n) is 17.1. The number of hydrogen-bond donors (Lipinski definition) is 1. The molecule has 0 saturated heterocycles. The molecule has 0 spiro atoms. The van der Waals surface area contributed by atoms with Gasteiger partial charge in [0, 0.05) is 16.3 Å². The van der Waals surface area contributed by atoms with E-state index in [1.54, 1.807) is 12.3 Å². The molecule has 158 valence electrons. The molecule has 0 radical (unpaired) electrons. The molecular formula is C23H21ClN4O2S. The first-order valence-corrected chi connectivity index (χ1v) is 11.1. The van der Waals surface area contributed by atoms with Gasteiger partial charge in [0.15, 0.2) is 11.0 Å². The van der Waals surface area contributed by atoms with Gasteiger partial charge in [-0.2, -0.15) is 0 Å². The Bertz CT molecular complexity index is 1160. The quantitative estimate of drug-likeness (QED) is 0.377. The SMILES string of the molecule is Cc1ccc(-c2nnc(SCC(=O)NC(C)c3ccco3)n2-c2ccc(Cl)cc2)cc1. The maximum atomic E-state index is 12.5. The van der Waals surface area contributed by atoms with Crippen LogP contribution in [0.25, 0.3) is 17.1 Å². The van der Waals surface area contributed by atoms with Crippen molar-refractivity contribution in [3.05, 3.63) is 83.3 Å². The summed E-state index contributed by atoms with van der Waals surface area (Å²) in [7, 11) is 0. The molecule has 1 N–H and O–H groups in total. The Morgan fingerprint density at radius 1 is 1.13 bits per heavy atom. The molecule has 4 rings (SSSR count). The smallest absolute Gasteiger partial charge is 0.231 e. The first kappa shape index (κ1) is 21.2. The minimum Gasteiger partial charge on any atom is -0.467 e. The molecule has 0 saturated carbocycles. The molecule has 31 heavy (non-hydrogen) atoms. The number of benzene rings is 2. The molecule has 6 nitrogen and oxygen atoms in total. The number of furan rings is 1. The number of carbonyl (C=O) groups excluding carboxylic acids is 1. The zero-order valence-corrected chi connectivity index (χ0v) is 18.7. The number of thioether (sulfide) groups is 1. The van der Waals surface area contributed by atoms with Gasteiger partial charge in [-0.1, -0.05) is 53.2 Å². The third-order valence-corrected chi connectivity index (χ3v) is 5.89. The van der Waals surface area contributed by atoms with Crippen LogP contribution >= 0.6 is 23.4 Å². The Kier molecular flexibility index (Phi) is 6.44. The Morgan fingerprint density at radius 2 is 1.87 bits per heavy atom. The molecule has 8 heteroatoms. The molecular weight excluding hydrogens is 432 g/mol. The molecule has 0 bridgehead atoms. The molecule has 1 atom stereocenters. The molecule has 1 unspecified atom stereocenters. The van der Waals surface area contributed by atoms with Gasteiger partial charge in [0.05, 0.1) is 18.1 Å². The lowest BCUT2D eigenvalue weighted by atomic mass is 10.1. The molecule has 0 aliphatic carbocycles. The van der Waals surface area contributed by atoms with Gasteiger partial charge >= 0.3 is 0 Å². The van der Waals surface area contributed by atoms with E-state index in [2.05, 4.69) is 15.5 Å². The molecule has 0 fully saturated rings. The average molecular weight is 453 g/mol. The van der Waals surface area contributed by atoms with Crippen LogP contribution < -0.4 is 5.32 Å². The Labute approximate surface area is 189 Å². The molecule has 0 aliphatic heterocycles. The van der Waals surface area contributed by atoms with Gasteiger partial charge in [-0.25, -0.2) is 0 Å². The average Bonchev–Trinajstić information content (AvgIpc) is 3.44. The lowest BCUT2D eigenvalue weighted by Gasteiger charge is -2.12. The lowest BCUT2D eigenvalue weighted by Crippen LogP contribution is -2.28. The zero-order chi connectivity index (χ0) is 21.8. The minimum absolute atomic E-state index is 0.114. The number of hydrogen-bond acceptors (Lipinski definition) is 5. The molecule has 2 aromatic heterocycles. The minimum atomic E-state index is -0.208. The second-order valence-corrected chi connectivity index (χ2v) is 8.46. The Hall–Kier alpha value is -3.03. The van der Waals surface area contributed by atoms with Crippen LogP contribution in [-0.2, 0) is 4.79 Å². The van der Waals surface area contributed by atoms with E-state index in [9.17, 15) is 4.79 Å². The van der Waals surface area contributed by atoms with E-state index in [0.717, 1.165) is 11.3 Å². The van der Waals surface area contributed by atoms with Gasteiger partial charge in [0.1, 0.15) is 5.76 Å². The number of nitrogens with zero attached hydrogens (tertiary/aromatic N) is 3. The Balaban J connectivity index is 1.57. The van der Waals surface area contributed by atoms with Crippen molar-refractivity contribution < 1.29 is 9.21 Å². The van der Waals surface area contributed by atoms with Crippen LogP contribution in [-0.4, -0.2) is 26.4 Å². The summed E-state index contributed by atoms with van der Waals surface area (Å²) in [6.45, 7) is 3.92. The number of amides is 1. The van der Waals surface area contributed by atoms with Crippen LogP contribution in [0.3, 0.4) is 0 Å². The van der Waals surface area contributed by atoms with Crippen molar-refractivity contribution in [2.75, 3.05) is 5.75 Å². The van der Waals surface area contributed by atoms with Crippen molar-refractivity contribution in [2.45, 2.75) is 25.0 Å². The fraction of sp³-hybridized carbons (Fsp3) is 0.174. The van der Waals surface area contributed by atoms with Gasteiger partial charge in [0.25, 0.3) is 0 Å². The summed E-state index contributed by atoms with van der Waals surface area (Å²) < 4.78 is 7.29. The van der Waals surface area contributed by atoms with Crippen LogP contribution in [0.1, 0.15) is 24.3 Å².